The summed E-state index contributed by atoms with van der Waals surface area (Å²) in [6.07, 6.45) is 6.56. The van der Waals surface area contributed by atoms with E-state index >= 15 is 0 Å². The molecule has 3 heterocycles. The van der Waals surface area contributed by atoms with E-state index in [1.165, 1.54) is 6.33 Å². The molecule has 0 spiro atoms. The molecule has 0 amide bonds. The van der Waals surface area contributed by atoms with Gasteiger partial charge in [-0.25, -0.2) is 9.97 Å². The van der Waals surface area contributed by atoms with Crippen molar-refractivity contribution < 1.29 is 4.74 Å². The average Bonchev–Trinajstić information content (AvgIpc) is 3.13. The number of methoxy groups -OCH3 is 1. The summed E-state index contributed by atoms with van der Waals surface area (Å²) in [7, 11) is 1.67. The zero-order chi connectivity index (χ0) is 20.6. The summed E-state index contributed by atoms with van der Waals surface area (Å²) in [5, 5.41) is 3.62. The Kier molecular flexibility index (Phi) is 4.50. The van der Waals surface area contributed by atoms with Gasteiger partial charge >= 0.3 is 0 Å². The van der Waals surface area contributed by atoms with E-state index in [0.717, 1.165) is 39.3 Å². The minimum absolute atomic E-state index is 0.382. The molecule has 0 aliphatic carbocycles. The molecule has 30 heavy (non-hydrogen) atoms. The number of aromatic nitrogens is 3. The van der Waals surface area contributed by atoms with Crippen molar-refractivity contribution in [2.45, 2.75) is 11.7 Å². The first-order valence-electron chi connectivity index (χ1n) is 9.71. The molecule has 1 aliphatic rings. The summed E-state index contributed by atoms with van der Waals surface area (Å²) < 4.78 is 5.37. The van der Waals surface area contributed by atoms with Crippen LogP contribution in [0.5, 0.6) is 5.75 Å². The molecule has 5 rings (SSSR count). The quantitative estimate of drug-likeness (QED) is 0.551. The smallest absolute Gasteiger partial charge is 0.118 e. The summed E-state index contributed by atoms with van der Waals surface area (Å²) >= 11 is 0. The highest BCUT2D eigenvalue weighted by Gasteiger charge is 2.45. The van der Waals surface area contributed by atoms with E-state index in [4.69, 9.17) is 10.5 Å². The number of nitrogens with one attached hydrogen (secondary N) is 1. The maximum Gasteiger partial charge on any atom is 0.118 e. The van der Waals surface area contributed by atoms with E-state index < -0.39 is 5.54 Å². The van der Waals surface area contributed by atoms with Crippen molar-refractivity contribution in [2.24, 2.45) is 5.73 Å². The van der Waals surface area contributed by atoms with Gasteiger partial charge in [-0.1, -0.05) is 36.4 Å². The van der Waals surface area contributed by atoms with Crippen molar-refractivity contribution in [1.29, 1.82) is 0 Å². The normalized spacial score (nSPS) is 20.0. The molecule has 0 bridgehead atoms. The Morgan fingerprint density at radius 2 is 1.73 bits per heavy atom. The number of hydrogen-bond acceptors (Lipinski definition) is 6. The van der Waals surface area contributed by atoms with Crippen LogP contribution in [-0.2, 0) is 5.54 Å². The van der Waals surface area contributed by atoms with Crippen molar-refractivity contribution in [1.82, 2.24) is 20.3 Å². The Hall–Kier alpha value is -3.61. The number of ether oxygens (including phenoxy) is 1. The van der Waals surface area contributed by atoms with E-state index in [0.29, 0.717) is 0 Å². The van der Waals surface area contributed by atoms with Gasteiger partial charge in [0.15, 0.2) is 0 Å². The average molecular weight is 395 g/mol. The Labute approximate surface area is 174 Å². The summed E-state index contributed by atoms with van der Waals surface area (Å²) in [5.74, 6) is 0.804. The van der Waals surface area contributed by atoms with E-state index in [1.54, 1.807) is 13.3 Å². The minimum Gasteiger partial charge on any atom is -0.497 e. The number of rotatable bonds is 4. The molecule has 0 saturated heterocycles. The van der Waals surface area contributed by atoms with Crippen molar-refractivity contribution in [3.8, 4) is 16.9 Å². The Morgan fingerprint density at radius 1 is 0.933 bits per heavy atom. The first kappa shape index (κ1) is 18.4. The van der Waals surface area contributed by atoms with Crippen LogP contribution < -0.4 is 15.8 Å². The molecule has 2 unspecified atom stereocenters. The minimum atomic E-state index is -0.638. The second kappa shape index (κ2) is 7.33. The van der Waals surface area contributed by atoms with Gasteiger partial charge in [-0.15, -0.1) is 0 Å². The number of nitrogens with zero attached hydrogens (tertiary/aromatic N) is 3. The lowest BCUT2D eigenvalue weighted by atomic mass is 9.78. The fraction of sp³-hybridized carbons (Fsp3) is 0.125. The van der Waals surface area contributed by atoms with Crippen LogP contribution in [0, 0.1) is 0 Å². The molecule has 1 aliphatic heterocycles. The number of pyridine rings is 1. The fourth-order valence-corrected chi connectivity index (χ4v) is 4.23. The first-order valence-corrected chi connectivity index (χ1v) is 9.71. The van der Waals surface area contributed by atoms with Gasteiger partial charge in [-0.3, -0.25) is 10.3 Å². The highest BCUT2D eigenvalue weighted by Crippen LogP contribution is 2.45. The molecule has 2 atom stereocenters. The second-order valence-electron chi connectivity index (χ2n) is 7.24. The molecule has 6 nitrogen and oxygen atoms in total. The molecule has 0 saturated carbocycles. The molecule has 148 valence electrons. The van der Waals surface area contributed by atoms with Crippen LogP contribution in [0.25, 0.3) is 11.1 Å². The van der Waals surface area contributed by atoms with E-state index in [9.17, 15) is 0 Å². The molecule has 3 N–H and O–H groups in total. The van der Waals surface area contributed by atoms with Crippen LogP contribution in [0.1, 0.15) is 28.6 Å². The monoisotopic (exact) mass is 395 g/mol. The van der Waals surface area contributed by atoms with Crippen LogP contribution in [0.4, 0.5) is 0 Å². The Balaban J connectivity index is 1.75. The van der Waals surface area contributed by atoms with Gasteiger partial charge in [0.2, 0.25) is 0 Å². The van der Waals surface area contributed by atoms with E-state index in [2.05, 4.69) is 56.7 Å². The van der Waals surface area contributed by atoms with Gasteiger partial charge in [0.25, 0.3) is 0 Å². The van der Waals surface area contributed by atoms with Gasteiger partial charge in [-0.2, -0.15) is 0 Å². The molecule has 2 aromatic carbocycles. The fourth-order valence-electron chi connectivity index (χ4n) is 4.23. The van der Waals surface area contributed by atoms with Crippen molar-refractivity contribution >= 4 is 0 Å². The maximum absolute atomic E-state index is 6.48. The largest absolute Gasteiger partial charge is 0.497 e. The van der Waals surface area contributed by atoms with Gasteiger partial charge < -0.3 is 10.5 Å². The highest BCUT2D eigenvalue weighted by molar-refractivity contribution is 5.65. The van der Waals surface area contributed by atoms with Crippen molar-refractivity contribution in [3.05, 3.63) is 108 Å². The molecule has 6 heteroatoms. The topological polar surface area (TPSA) is 86.0 Å². The lowest BCUT2D eigenvalue weighted by Gasteiger charge is -2.33. The Morgan fingerprint density at radius 3 is 2.50 bits per heavy atom. The van der Waals surface area contributed by atoms with Crippen LogP contribution in [0.2, 0.25) is 0 Å². The van der Waals surface area contributed by atoms with Crippen molar-refractivity contribution in [3.63, 3.8) is 0 Å². The third-order valence-electron chi connectivity index (χ3n) is 5.62. The molecular weight excluding hydrogens is 374 g/mol. The lowest BCUT2D eigenvalue weighted by molar-refractivity contribution is 0.413. The summed E-state index contributed by atoms with van der Waals surface area (Å²) in [5.41, 5.74) is 11.9. The predicted molar refractivity (Wildman–Crippen MR) is 115 cm³/mol. The second-order valence-corrected chi connectivity index (χ2v) is 7.24. The summed E-state index contributed by atoms with van der Waals surface area (Å²) in [4.78, 5) is 12.9. The molecule has 0 radical (unpaired) electrons. The first-order chi connectivity index (χ1) is 14.7. The maximum atomic E-state index is 6.48. The summed E-state index contributed by atoms with van der Waals surface area (Å²) in [6, 6.07) is 20.5. The molecular formula is C24H21N5O. The molecule has 0 fully saturated rings. The van der Waals surface area contributed by atoms with E-state index in [-0.39, 0.29) is 6.17 Å². The van der Waals surface area contributed by atoms with Crippen LogP contribution in [-0.4, -0.2) is 22.1 Å². The van der Waals surface area contributed by atoms with Crippen LogP contribution in [0.3, 0.4) is 0 Å². The van der Waals surface area contributed by atoms with Gasteiger partial charge in [0.1, 0.15) is 18.2 Å². The van der Waals surface area contributed by atoms with Gasteiger partial charge in [-0.05, 0) is 41.0 Å². The number of nitrogens with two attached hydrogens (primary N) is 1. The lowest BCUT2D eigenvalue weighted by Crippen LogP contribution is -2.42. The third kappa shape index (κ3) is 2.85. The van der Waals surface area contributed by atoms with Crippen molar-refractivity contribution in [2.75, 3.05) is 7.11 Å². The third-order valence-corrected chi connectivity index (χ3v) is 5.62. The Bertz CT molecular complexity index is 1180. The van der Waals surface area contributed by atoms with Crippen LogP contribution in [0.15, 0.2) is 85.6 Å². The van der Waals surface area contributed by atoms with Crippen LogP contribution >= 0.6 is 0 Å². The predicted octanol–water partition coefficient (Wildman–Crippen LogP) is 3.40. The zero-order valence-electron chi connectivity index (χ0n) is 16.5. The molecule has 2 aromatic heterocycles. The molecule has 4 aromatic rings. The number of fused-ring (bicyclic) bond motifs is 1. The number of benzene rings is 2. The zero-order valence-corrected chi connectivity index (χ0v) is 16.5. The SMILES string of the molecule is COc1ccc(C2(c3cccc(-c4cncnc4)c3)NC(N)c3ncccc32)cc1. The summed E-state index contributed by atoms with van der Waals surface area (Å²) in [6.45, 7) is 0. The standard InChI is InChI=1S/C24H21N5O/c1-30-20-9-7-18(8-10-20)24(21-6-3-11-28-22(21)23(25)29-24)19-5-2-4-16(12-19)17-13-26-15-27-14-17/h2-15,23,29H,25H2,1H3. The van der Waals surface area contributed by atoms with Gasteiger partial charge in [0, 0.05) is 29.7 Å². The van der Waals surface area contributed by atoms with E-state index in [1.807, 2.05) is 36.7 Å². The number of hydrogen-bond donors (Lipinski definition) is 2. The highest BCUT2D eigenvalue weighted by atomic mass is 16.5. The van der Waals surface area contributed by atoms with Gasteiger partial charge in [0.05, 0.1) is 18.3 Å².